The number of alkyl halides is 3. The van der Waals surface area contributed by atoms with Crippen LogP contribution in [0.2, 0.25) is 0 Å². The first kappa shape index (κ1) is 42.5. The molecule has 2 aliphatic rings. The van der Waals surface area contributed by atoms with E-state index in [9.17, 15) is 13.2 Å². The highest BCUT2D eigenvalue weighted by Gasteiger charge is 2.42. The van der Waals surface area contributed by atoms with Gasteiger partial charge in [0, 0.05) is 57.0 Å². The molecule has 1 amide bonds. The molecule has 1 aliphatic heterocycles. The fraction of sp³-hybridized carbons (Fsp3) is 0.476. The summed E-state index contributed by atoms with van der Waals surface area (Å²) in [6.45, 7) is 10.7. The molecule has 2 aromatic carbocycles. The molecule has 6 rings (SSSR count). The Labute approximate surface area is 338 Å². The number of hydrogen-bond donors (Lipinski definition) is 0. The minimum Gasteiger partial charge on any atom is -0.497 e. The lowest BCUT2D eigenvalue weighted by molar-refractivity contribution is -0.139. The minimum atomic E-state index is -4.72. The minimum absolute atomic E-state index is 0.0162. The lowest BCUT2D eigenvalue weighted by Crippen LogP contribution is -2.50. The number of nitrogens with zero attached hydrogens (tertiary/aromatic N) is 6. The quantitative estimate of drug-likeness (QED) is 0.149. The molecule has 12 nitrogen and oxygen atoms in total. The first-order valence-electron chi connectivity index (χ1n) is 19.2. The molecule has 1 saturated heterocycles. The van der Waals surface area contributed by atoms with Gasteiger partial charge in [0.15, 0.2) is 0 Å². The van der Waals surface area contributed by atoms with Gasteiger partial charge in [-0.05, 0) is 93.5 Å². The van der Waals surface area contributed by atoms with Crippen LogP contribution in [0.1, 0.15) is 72.8 Å². The van der Waals surface area contributed by atoms with Crippen LogP contribution in [0.5, 0.6) is 11.5 Å². The van der Waals surface area contributed by atoms with Gasteiger partial charge in [-0.25, -0.2) is 28.2 Å². The van der Waals surface area contributed by atoms with E-state index in [0.29, 0.717) is 73.7 Å². The first-order chi connectivity index (χ1) is 27.2. The molecule has 0 saturated carbocycles. The van der Waals surface area contributed by atoms with E-state index in [0.717, 1.165) is 17.4 Å². The number of methoxy groups -OCH3 is 2. The summed E-state index contributed by atoms with van der Waals surface area (Å²) in [5.41, 5.74) is 1.31. The lowest BCUT2D eigenvalue weighted by Gasteiger charge is -2.39. The molecular formula is C42H51F3N6O6S. The maximum atomic E-state index is 15.1. The van der Waals surface area contributed by atoms with E-state index in [2.05, 4.69) is 9.97 Å². The van der Waals surface area contributed by atoms with Crippen LogP contribution in [0.25, 0.3) is 0 Å². The number of benzene rings is 2. The average molecular weight is 825 g/mol. The van der Waals surface area contributed by atoms with Crippen LogP contribution < -0.4 is 19.3 Å². The highest BCUT2D eigenvalue weighted by Crippen LogP contribution is 2.45. The van der Waals surface area contributed by atoms with Gasteiger partial charge < -0.3 is 28.9 Å². The van der Waals surface area contributed by atoms with E-state index in [1.165, 1.54) is 13.0 Å². The van der Waals surface area contributed by atoms with Crippen LogP contribution in [-0.4, -0.2) is 86.6 Å². The molecule has 1 fully saturated rings. The number of carbonyl (C=O) groups is 1. The summed E-state index contributed by atoms with van der Waals surface area (Å²) in [6, 6.07) is 16.5. The van der Waals surface area contributed by atoms with Gasteiger partial charge >= 0.3 is 12.3 Å². The maximum Gasteiger partial charge on any atom is 0.418 e. The SMILES string of the molecule is COc1ccc(CN(Cc2ccc(OC)cc2)c2cc(C)c(C(F)(F)F)c(C3Cc4nc(S(C)(=O)=O)nc(N5CCN(C(=O)OC(C)(C)C)CC5)c4CC3C)n2)cc1. The van der Waals surface area contributed by atoms with Gasteiger partial charge in [0.2, 0.25) is 15.0 Å². The number of rotatable bonds is 10. The van der Waals surface area contributed by atoms with Crippen molar-refractivity contribution in [1.29, 1.82) is 0 Å². The molecule has 3 heterocycles. The normalized spacial score (nSPS) is 17.4. The fourth-order valence-corrected chi connectivity index (χ4v) is 8.09. The highest BCUT2D eigenvalue weighted by atomic mass is 32.2. The van der Waals surface area contributed by atoms with Crippen molar-refractivity contribution in [3.63, 3.8) is 0 Å². The van der Waals surface area contributed by atoms with Crippen LogP contribution in [0.4, 0.5) is 29.6 Å². The molecule has 2 unspecified atom stereocenters. The number of fused-ring (bicyclic) bond motifs is 1. The Morgan fingerprint density at radius 2 is 1.41 bits per heavy atom. The Morgan fingerprint density at radius 3 is 1.90 bits per heavy atom. The molecule has 2 atom stereocenters. The van der Waals surface area contributed by atoms with E-state index in [1.807, 2.05) is 65.3 Å². The highest BCUT2D eigenvalue weighted by molar-refractivity contribution is 7.90. The molecule has 0 spiro atoms. The molecular weight excluding hydrogens is 774 g/mol. The van der Waals surface area contributed by atoms with Crippen LogP contribution in [-0.2, 0) is 46.7 Å². The van der Waals surface area contributed by atoms with E-state index >= 15 is 13.2 Å². The monoisotopic (exact) mass is 824 g/mol. The number of anilines is 2. The molecule has 58 heavy (non-hydrogen) atoms. The third kappa shape index (κ3) is 9.76. The van der Waals surface area contributed by atoms with Crippen molar-refractivity contribution < 1.29 is 40.6 Å². The summed E-state index contributed by atoms with van der Waals surface area (Å²) in [6.07, 6.45) is -3.84. The van der Waals surface area contributed by atoms with Crippen molar-refractivity contribution in [1.82, 2.24) is 19.9 Å². The fourth-order valence-electron chi connectivity index (χ4n) is 7.57. The summed E-state index contributed by atoms with van der Waals surface area (Å²) in [7, 11) is -0.755. The summed E-state index contributed by atoms with van der Waals surface area (Å²) >= 11 is 0. The summed E-state index contributed by atoms with van der Waals surface area (Å²) in [4.78, 5) is 32.1. The Hall–Kier alpha value is -5.12. The first-order valence-corrected chi connectivity index (χ1v) is 21.1. The molecule has 312 valence electrons. The van der Waals surface area contributed by atoms with Gasteiger partial charge in [-0.1, -0.05) is 31.2 Å². The Kier molecular flexibility index (Phi) is 12.2. The van der Waals surface area contributed by atoms with Crippen LogP contribution in [0.3, 0.4) is 0 Å². The van der Waals surface area contributed by atoms with Crippen molar-refractivity contribution in [2.75, 3.05) is 56.5 Å². The van der Waals surface area contributed by atoms with Gasteiger partial charge in [0.25, 0.3) is 0 Å². The summed E-state index contributed by atoms with van der Waals surface area (Å²) in [5.74, 6) is 1.02. The second kappa shape index (κ2) is 16.6. The number of amides is 1. The number of ether oxygens (including phenoxy) is 3. The van der Waals surface area contributed by atoms with Crippen LogP contribution in [0.15, 0.2) is 59.8 Å². The van der Waals surface area contributed by atoms with Crippen LogP contribution >= 0.6 is 0 Å². The smallest absolute Gasteiger partial charge is 0.418 e. The second-order valence-electron chi connectivity index (χ2n) is 16.1. The van der Waals surface area contributed by atoms with E-state index in [4.69, 9.17) is 19.2 Å². The molecule has 0 bridgehead atoms. The number of sulfone groups is 1. The van der Waals surface area contributed by atoms with Gasteiger partial charge in [0.05, 0.1) is 31.2 Å². The molecule has 0 N–H and O–H groups in total. The lowest BCUT2D eigenvalue weighted by atomic mass is 9.75. The molecule has 4 aromatic rings. The number of piperazine rings is 1. The van der Waals surface area contributed by atoms with Gasteiger partial charge in [-0.15, -0.1) is 0 Å². The molecule has 16 heteroatoms. The Morgan fingerprint density at radius 1 is 0.862 bits per heavy atom. The topological polar surface area (TPSA) is 127 Å². The number of aryl methyl sites for hydroxylation is 1. The predicted molar refractivity (Wildman–Crippen MR) is 214 cm³/mol. The number of hydrogen-bond acceptors (Lipinski definition) is 11. The van der Waals surface area contributed by atoms with Crippen molar-refractivity contribution in [3.8, 4) is 11.5 Å². The largest absolute Gasteiger partial charge is 0.497 e. The number of halogens is 3. The summed E-state index contributed by atoms with van der Waals surface area (Å²) < 4.78 is 87.6. The van der Waals surface area contributed by atoms with Crippen molar-refractivity contribution >= 4 is 27.6 Å². The molecule has 1 aliphatic carbocycles. The van der Waals surface area contributed by atoms with Gasteiger partial charge in [-0.2, -0.15) is 13.2 Å². The predicted octanol–water partition coefficient (Wildman–Crippen LogP) is 7.40. The maximum absolute atomic E-state index is 15.1. The van der Waals surface area contributed by atoms with Crippen molar-refractivity contribution in [2.24, 2.45) is 5.92 Å². The third-order valence-electron chi connectivity index (χ3n) is 10.5. The van der Waals surface area contributed by atoms with Gasteiger partial charge in [-0.3, -0.25) is 0 Å². The van der Waals surface area contributed by atoms with Crippen molar-refractivity contribution in [3.05, 3.63) is 93.8 Å². The van der Waals surface area contributed by atoms with Crippen molar-refractivity contribution in [2.45, 2.75) is 83.4 Å². The Balaban J connectivity index is 1.40. The molecule has 0 radical (unpaired) electrons. The van der Waals surface area contributed by atoms with E-state index in [-0.39, 0.29) is 30.0 Å². The number of pyridine rings is 1. The average Bonchev–Trinajstić information content (AvgIpc) is 3.15. The number of carbonyl (C=O) groups excluding carboxylic acids is 1. The zero-order chi connectivity index (χ0) is 42.2. The van der Waals surface area contributed by atoms with E-state index < -0.39 is 44.3 Å². The van der Waals surface area contributed by atoms with E-state index in [1.54, 1.807) is 39.9 Å². The zero-order valence-corrected chi connectivity index (χ0v) is 35.0. The van der Waals surface area contributed by atoms with Crippen LogP contribution in [0, 0.1) is 12.8 Å². The van der Waals surface area contributed by atoms with Gasteiger partial charge in [0.1, 0.15) is 28.7 Å². The zero-order valence-electron chi connectivity index (χ0n) is 34.2. The third-order valence-corrected chi connectivity index (χ3v) is 11.3. The number of aromatic nitrogens is 3. The Bertz CT molecular complexity index is 2170. The standard InChI is InChI=1S/C42H51F3N6O6S/c1-26-21-33-34(46-39(58(8,53)54)48-38(33)49-17-19-50(20-18-49)40(52)57-41(3,4)5)23-32(26)37-36(42(43,44)45)27(2)22-35(47-37)51(24-28-9-13-30(55-6)14-10-28)25-29-11-15-31(56-7)16-12-29/h9-16,22,26,32H,17-21,23-25H2,1-8H3. The molecule has 2 aromatic heterocycles. The second-order valence-corrected chi connectivity index (χ2v) is 18.0. The summed E-state index contributed by atoms with van der Waals surface area (Å²) in [5, 5.41) is -0.400.